The summed E-state index contributed by atoms with van der Waals surface area (Å²) in [5, 5.41) is 7.21. The van der Waals surface area contributed by atoms with Crippen molar-refractivity contribution in [3.63, 3.8) is 0 Å². The number of fused-ring (bicyclic) bond motifs is 8. The third-order valence-electron chi connectivity index (χ3n) is 8.20. The number of hydrogen-bond donors (Lipinski definition) is 0. The summed E-state index contributed by atoms with van der Waals surface area (Å²) in [7, 11) is 0. The molecule has 0 aliphatic rings. The molecule has 0 saturated heterocycles. The number of aromatic nitrogens is 3. The van der Waals surface area contributed by atoms with Crippen molar-refractivity contribution in [1.82, 2.24) is 14.5 Å². The van der Waals surface area contributed by atoms with Crippen molar-refractivity contribution in [2.45, 2.75) is 0 Å². The van der Waals surface area contributed by atoms with Gasteiger partial charge in [-0.15, -0.1) is 11.3 Å². The summed E-state index contributed by atoms with van der Waals surface area (Å²) in [5.41, 5.74) is 6.42. The Labute approximate surface area is 246 Å². The molecule has 0 unspecified atom stereocenters. The third kappa shape index (κ3) is 3.46. The number of benzene rings is 6. The van der Waals surface area contributed by atoms with Crippen LogP contribution in [0.3, 0.4) is 0 Å². The van der Waals surface area contributed by atoms with Crippen LogP contribution in [0.2, 0.25) is 0 Å². The molecule has 3 nitrogen and oxygen atoms in total. The molecule has 4 heteroatoms. The number of hydrogen-bond acceptors (Lipinski definition) is 3. The predicted octanol–water partition coefficient (Wildman–Crippen LogP) is 10.4. The highest BCUT2D eigenvalue weighted by molar-refractivity contribution is 7.23. The molecule has 0 aliphatic heterocycles. The molecule has 196 valence electrons. The Morgan fingerprint density at radius 3 is 2.02 bits per heavy atom. The molecule has 42 heavy (non-hydrogen) atoms. The van der Waals surface area contributed by atoms with Crippen LogP contribution in [-0.4, -0.2) is 14.5 Å². The average Bonchev–Trinajstić information content (AvgIpc) is 3.65. The van der Waals surface area contributed by atoms with Crippen LogP contribution in [0, 0.1) is 0 Å². The molecule has 0 aliphatic carbocycles. The number of rotatable bonds is 3. The van der Waals surface area contributed by atoms with Crippen molar-refractivity contribution in [1.29, 1.82) is 0 Å². The Morgan fingerprint density at radius 1 is 0.500 bits per heavy atom. The fourth-order valence-electron chi connectivity index (χ4n) is 6.31. The Hall–Kier alpha value is -5.32. The maximum absolute atomic E-state index is 5.38. The second kappa shape index (κ2) is 9.10. The van der Waals surface area contributed by atoms with Crippen LogP contribution in [0.1, 0.15) is 0 Å². The lowest BCUT2D eigenvalue weighted by atomic mass is 10.0. The molecule has 0 fully saturated rings. The molecule has 3 heterocycles. The standard InChI is InChI=1S/C38H23N3S/c1-3-12-25(13-4-1)33-23-27-19-21-30-35(37(27)42-33)36(26-14-5-2-6-15-26)40-38(39-30)41-31-18-10-9-17-29(31)34-28-16-8-7-11-24(28)20-22-32(34)41/h1-23H. The van der Waals surface area contributed by atoms with Crippen molar-refractivity contribution < 1.29 is 0 Å². The first-order valence-electron chi connectivity index (χ1n) is 14.1. The van der Waals surface area contributed by atoms with E-state index in [2.05, 4.69) is 144 Å². The van der Waals surface area contributed by atoms with Gasteiger partial charge in [-0.3, -0.25) is 4.57 Å². The van der Waals surface area contributed by atoms with Crippen molar-refractivity contribution in [3.05, 3.63) is 140 Å². The second-order valence-corrected chi connectivity index (χ2v) is 11.7. The zero-order valence-electron chi connectivity index (χ0n) is 22.5. The first-order valence-corrected chi connectivity index (χ1v) is 14.9. The second-order valence-electron chi connectivity index (χ2n) is 10.6. The minimum Gasteiger partial charge on any atom is -0.278 e. The molecule has 0 atom stereocenters. The van der Waals surface area contributed by atoms with Crippen LogP contribution in [-0.2, 0) is 0 Å². The molecule has 9 rings (SSSR count). The molecule has 0 N–H and O–H groups in total. The monoisotopic (exact) mass is 553 g/mol. The third-order valence-corrected chi connectivity index (χ3v) is 9.42. The van der Waals surface area contributed by atoms with Gasteiger partial charge in [0.15, 0.2) is 0 Å². The van der Waals surface area contributed by atoms with Gasteiger partial charge in [0.2, 0.25) is 5.95 Å². The number of nitrogens with zero attached hydrogens (tertiary/aromatic N) is 3. The predicted molar refractivity (Wildman–Crippen MR) is 178 cm³/mol. The van der Waals surface area contributed by atoms with Crippen molar-refractivity contribution in [3.8, 4) is 27.6 Å². The zero-order chi connectivity index (χ0) is 27.6. The van der Waals surface area contributed by atoms with E-state index in [1.54, 1.807) is 0 Å². The smallest absolute Gasteiger partial charge is 0.235 e. The highest BCUT2D eigenvalue weighted by Gasteiger charge is 2.20. The van der Waals surface area contributed by atoms with Gasteiger partial charge in [0.25, 0.3) is 0 Å². The Kier molecular flexibility index (Phi) is 5.07. The van der Waals surface area contributed by atoms with E-state index < -0.39 is 0 Å². The summed E-state index contributed by atoms with van der Waals surface area (Å²) in [6, 6.07) is 49.4. The first-order chi connectivity index (χ1) is 20.8. The van der Waals surface area contributed by atoms with Crippen LogP contribution in [0.5, 0.6) is 0 Å². The van der Waals surface area contributed by atoms with Gasteiger partial charge in [0.05, 0.1) is 22.2 Å². The molecular weight excluding hydrogens is 531 g/mol. The van der Waals surface area contributed by atoms with Crippen molar-refractivity contribution in [2.75, 3.05) is 0 Å². The van der Waals surface area contributed by atoms with Gasteiger partial charge < -0.3 is 0 Å². The van der Waals surface area contributed by atoms with E-state index in [1.165, 1.54) is 42.1 Å². The molecule has 0 radical (unpaired) electrons. The van der Waals surface area contributed by atoms with E-state index in [-0.39, 0.29) is 0 Å². The Morgan fingerprint density at radius 2 is 1.19 bits per heavy atom. The minimum absolute atomic E-state index is 0.682. The molecular formula is C38H23N3S. The van der Waals surface area contributed by atoms with Crippen LogP contribution in [0.25, 0.3) is 81.2 Å². The zero-order valence-corrected chi connectivity index (χ0v) is 23.3. The lowest BCUT2D eigenvalue weighted by Gasteiger charge is -2.12. The van der Waals surface area contributed by atoms with Gasteiger partial charge in [-0.05, 0) is 46.0 Å². The molecule has 0 amide bonds. The van der Waals surface area contributed by atoms with E-state index in [4.69, 9.17) is 9.97 Å². The van der Waals surface area contributed by atoms with E-state index in [1.807, 2.05) is 11.3 Å². The van der Waals surface area contributed by atoms with Crippen molar-refractivity contribution >= 4 is 64.9 Å². The molecule has 9 aromatic rings. The van der Waals surface area contributed by atoms with Crippen LogP contribution in [0.15, 0.2) is 140 Å². The van der Waals surface area contributed by atoms with Crippen LogP contribution >= 0.6 is 11.3 Å². The van der Waals surface area contributed by atoms with Gasteiger partial charge in [0, 0.05) is 31.3 Å². The van der Waals surface area contributed by atoms with E-state index >= 15 is 0 Å². The number of para-hydroxylation sites is 1. The summed E-state index contributed by atoms with van der Waals surface area (Å²) < 4.78 is 3.45. The minimum atomic E-state index is 0.682. The molecule has 3 aromatic heterocycles. The van der Waals surface area contributed by atoms with Crippen LogP contribution in [0.4, 0.5) is 0 Å². The van der Waals surface area contributed by atoms with Gasteiger partial charge in [0.1, 0.15) is 0 Å². The topological polar surface area (TPSA) is 30.7 Å². The maximum atomic E-state index is 5.38. The quantitative estimate of drug-likeness (QED) is 0.218. The number of thiophene rings is 1. The highest BCUT2D eigenvalue weighted by Crippen LogP contribution is 2.42. The van der Waals surface area contributed by atoms with E-state index in [0.717, 1.165) is 33.2 Å². The largest absolute Gasteiger partial charge is 0.278 e. The summed E-state index contributed by atoms with van der Waals surface area (Å²) in [6.45, 7) is 0. The molecule has 6 aromatic carbocycles. The summed E-state index contributed by atoms with van der Waals surface area (Å²) in [5.74, 6) is 0.682. The highest BCUT2D eigenvalue weighted by atomic mass is 32.1. The summed E-state index contributed by atoms with van der Waals surface area (Å²) in [6.07, 6.45) is 0. The van der Waals surface area contributed by atoms with Gasteiger partial charge in [-0.1, -0.05) is 115 Å². The molecule has 0 bridgehead atoms. The molecule has 0 saturated carbocycles. The average molecular weight is 554 g/mol. The fourth-order valence-corrected chi connectivity index (χ4v) is 7.52. The first kappa shape index (κ1) is 23.4. The Balaban J connectivity index is 1.39. The fraction of sp³-hybridized carbons (Fsp3) is 0. The normalized spacial score (nSPS) is 11.8. The van der Waals surface area contributed by atoms with Crippen LogP contribution < -0.4 is 0 Å². The van der Waals surface area contributed by atoms with Gasteiger partial charge in [-0.25, -0.2) is 9.97 Å². The van der Waals surface area contributed by atoms with Gasteiger partial charge >= 0.3 is 0 Å². The Bertz CT molecular complexity index is 2460. The molecule has 0 spiro atoms. The van der Waals surface area contributed by atoms with Gasteiger partial charge in [-0.2, -0.15) is 0 Å². The van der Waals surface area contributed by atoms with E-state index in [9.17, 15) is 0 Å². The van der Waals surface area contributed by atoms with Crippen molar-refractivity contribution in [2.24, 2.45) is 0 Å². The summed E-state index contributed by atoms with van der Waals surface area (Å²) >= 11 is 1.81. The summed E-state index contributed by atoms with van der Waals surface area (Å²) in [4.78, 5) is 11.9. The maximum Gasteiger partial charge on any atom is 0.235 e. The SMILES string of the molecule is c1ccc(-c2cc3ccc4nc(-n5c6ccccc6c6c7ccccc7ccc65)nc(-c5ccccc5)c4c3s2)cc1. The lowest BCUT2D eigenvalue weighted by molar-refractivity contribution is 1.01. The lowest BCUT2D eigenvalue weighted by Crippen LogP contribution is -2.03. The van der Waals surface area contributed by atoms with E-state index in [0.29, 0.717) is 5.95 Å².